The van der Waals surface area contributed by atoms with Crippen molar-refractivity contribution in [1.29, 1.82) is 0 Å². The zero-order valence-electron chi connectivity index (χ0n) is 13.5. The molecule has 0 saturated heterocycles. The van der Waals surface area contributed by atoms with Crippen molar-refractivity contribution in [2.24, 2.45) is 11.8 Å². The fourth-order valence-corrected chi connectivity index (χ4v) is 4.35. The fourth-order valence-electron chi connectivity index (χ4n) is 4.35. The summed E-state index contributed by atoms with van der Waals surface area (Å²) in [4.78, 5) is 2.49. The third kappa shape index (κ3) is 3.52. The minimum Gasteiger partial charge on any atom is -0.312 e. The first kappa shape index (κ1) is 15.3. The number of nitrogens with zero attached hydrogens (tertiary/aromatic N) is 1. The van der Waals surface area contributed by atoms with Crippen LogP contribution in [-0.2, 0) is 0 Å². The van der Waals surface area contributed by atoms with Crippen molar-refractivity contribution in [3.63, 3.8) is 0 Å². The quantitative estimate of drug-likeness (QED) is 0.817. The van der Waals surface area contributed by atoms with E-state index >= 15 is 0 Å². The van der Waals surface area contributed by atoms with Crippen molar-refractivity contribution in [2.75, 3.05) is 20.6 Å². The smallest absolute Gasteiger partial charge is 0.0327 e. The van der Waals surface area contributed by atoms with Gasteiger partial charge in [-0.15, -0.1) is 0 Å². The van der Waals surface area contributed by atoms with E-state index in [2.05, 4.69) is 38.2 Å². The van der Waals surface area contributed by atoms with Crippen molar-refractivity contribution in [3.8, 4) is 0 Å². The predicted molar refractivity (Wildman–Crippen MR) is 83.5 cm³/mol. The summed E-state index contributed by atoms with van der Waals surface area (Å²) in [6, 6.07) is 0.770. The summed E-state index contributed by atoms with van der Waals surface area (Å²) in [6.07, 6.45) is 11.3. The highest BCUT2D eigenvalue weighted by molar-refractivity contribution is 4.96. The van der Waals surface area contributed by atoms with Gasteiger partial charge in [0.2, 0.25) is 0 Å². The van der Waals surface area contributed by atoms with Crippen LogP contribution in [0, 0.1) is 11.8 Å². The average Bonchev–Trinajstić information content (AvgIpc) is 2.86. The molecule has 19 heavy (non-hydrogen) atoms. The molecule has 0 aromatic heterocycles. The predicted octanol–water partition coefficient (Wildman–Crippen LogP) is 3.67. The molecule has 0 spiro atoms. The Kier molecular flexibility index (Phi) is 5.30. The van der Waals surface area contributed by atoms with Gasteiger partial charge in [-0.05, 0) is 51.6 Å². The van der Waals surface area contributed by atoms with E-state index in [9.17, 15) is 0 Å². The molecule has 2 saturated carbocycles. The van der Waals surface area contributed by atoms with Crippen molar-refractivity contribution in [3.05, 3.63) is 0 Å². The van der Waals surface area contributed by atoms with Gasteiger partial charge in [-0.2, -0.15) is 0 Å². The summed E-state index contributed by atoms with van der Waals surface area (Å²) in [5, 5.41) is 3.98. The van der Waals surface area contributed by atoms with Gasteiger partial charge in [0, 0.05) is 18.1 Å². The summed E-state index contributed by atoms with van der Waals surface area (Å²) in [5.74, 6) is 1.73. The molecule has 112 valence electrons. The number of rotatable bonds is 5. The van der Waals surface area contributed by atoms with Gasteiger partial charge in [-0.3, -0.25) is 0 Å². The topological polar surface area (TPSA) is 15.3 Å². The average molecular weight is 266 g/mol. The molecule has 2 aliphatic rings. The van der Waals surface area contributed by atoms with Gasteiger partial charge in [0.05, 0.1) is 0 Å². The molecule has 2 atom stereocenters. The molecule has 0 aliphatic heterocycles. The number of nitrogens with one attached hydrogen (secondary N) is 1. The zero-order chi connectivity index (χ0) is 13.9. The second kappa shape index (κ2) is 6.58. The molecule has 2 rings (SSSR count). The Hall–Kier alpha value is -0.0800. The molecule has 0 heterocycles. The Morgan fingerprint density at radius 1 is 1.05 bits per heavy atom. The number of hydrogen-bond donors (Lipinski definition) is 1. The summed E-state index contributed by atoms with van der Waals surface area (Å²) in [7, 11) is 4.54. The van der Waals surface area contributed by atoms with Crippen LogP contribution in [0.4, 0.5) is 0 Å². The van der Waals surface area contributed by atoms with Gasteiger partial charge in [0.25, 0.3) is 0 Å². The lowest BCUT2D eigenvalue weighted by Crippen LogP contribution is -2.53. The lowest BCUT2D eigenvalue weighted by Gasteiger charge is -2.41. The van der Waals surface area contributed by atoms with E-state index in [1.54, 1.807) is 0 Å². The van der Waals surface area contributed by atoms with Gasteiger partial charge < -0.3 is 10.2 Å². The Labute approximate surface area is 120 Å². The van der Waals surface area contributed by atoms with Gasteiger partial charge in [0.15, 0.2) is 0 Å². The lowest BCUT2D eigenvalue weighted by molar-refractivity contribution is 0.127. The maximum atomic E-state index is 3.98. The van der Waals surface area contributed by atoms with Crippen LogP contribution in [0.15, 0.2) is 0 Å². The first-order valence-corrected chi connectivity index (χ1v) is 8.46. The second-order valence-corrected chi connectivity index (χ2v) is 7.51. The first-order chi connectivity index (χ1) is 9.05. The van der Waals surface area contributed by atoms with Crippen LogP contribution in [0.25, 0.3) is 0 Å². The molecule has 0 amide bonds. The van der Waals surface area contributed by atoms with Gasteiger partial charge >= 0.3 is 0 Å². The van der Waals surface area contributed by atoms with Crippen molar-refractivity contribution in [1.82, 2.24) is 10.2 Å². The molecule has 2 aliphatic carbocycles. The van der Waals surface area contributed by atoms with Crippen molar-refractivity contribution < 1.29 is 0 Å². The molecule has 0 radical (unpaired) electrons. The van der Waals surface area contributed by atoms with Crippen LogP contribution >= 0.6 is 0 Å². The van der Waals surface area contributed by atoms with E-state index in [-0.39, 0.29) is 0 Å². The normalized spacial score (nSPS) is 31.3. The number of hydrogen-bond acceptors (Lipinski definition) is 2. The minimum atomic E-state index is 0.443. The number of likely N-dealkylation sites (N-methyl/N-ethyl adjacent to an activating group) is 1. The van der Waals surface area contributed by atoms with Gasteiger partial charge in [-0.1, -0.05) is 39.5 Å². The third-order valence-electron chi connectivity index (χ3n) is 5.85. The SMILES string of the molecule is CC(C)C1CCCCC1NCC1(N(C)C)CCCC1. The summed E-state index contributed by atoms with van der Waals surface area (Å²) in [5.41, 5.74) is 0.443. The molecular weight excluding hydrogens is 232 g/mol. The van der Waals surface area contributed by atoms with Crippen molar-refractivity contribution >= 4 is 0 Å². The standard InChI is InChI=1S/C17H34N2/c1-14(2)15-9-5-6-10-16(15)18-13-17(19(3)4)11-7-8-12-17/h14-16,18H,5-13H2,1-4H3. The molecule has 0 bridgehead atoms. The maximum Gasteiger partial charge on any atom is 0.0327 e. The largest absolute Gasteiger partial charge is 0.312 e. The molecular formula is C17H34N2. The molecule has 0 aromatic rings. The van der Waals surface area contributed by atoms with Crippen LogP contribution in [0.2, 0.25) is 0 Å². The zero-order valence-corrected chi connectivity index (χ0v) is 13.5. The minimum absolute atomic E-state index is 0.443. The Balaban J connectivity index is 1.92. The monoisotopic (exact) mass is 266 g/mol. The van der Waals surface area contributed by atoms with E-state index in [1.165, 1.54) is 57.9 Å². The van der Waals surface area contributed by atoms with E-state index < -0.39 is 0 Å². The highest BCUT2D eigenvalue weighted by Crippen LogP contribution is 2.35. The molecule has 2 unspecified atom stereocenters. The van der Waals surface area contributed by atoms with Crippen molar-refractivity contribution in [2.45, 2.75) is 76.8 Å². The van der Waals surface area contributed by atoms with E-state index in [4.69, 9.17) is 0 Å². The Morgan fingerprint density at radius 3 is 2.26 bits per heavy atom. The second-order valence-electron chi connectivity index (χ2n) is 7.51. The van der Waals surface area contributed by atoms with Crippen LogP contribution in [0.5, 0.6) is 0 Å². The highest BCUT2D eigenvalue weighted by atomic mass is 15.2. The molecule has 2 heteroatoms. The summed E-state index contributed by atoms with van der Waals surface area (Å²) in [6.45, 7) is 6.01. The maximum absolute atomic E-state index is 3.98. The van der Waals surface area contributed by atoms with Crippen LogP contribution < -0.4 is 5.32 Å². The Bertz CT molecular complexity index is 266. The third-order valence-corrected chi connectivity index (χ3v) is 5.85. The highest BCUT2D eigenvalue weighted by Gasteiger charge is 2.37. The van der Waals surface area contributed by atoms with Gasteiger partial charge in [0.1, 0.15) is 0 Å². The van der Waals surface area contributed by atoms with Crippen LogP contribution in [0.1, 0.15) is 65.2 Å². The van der Waals surface area contributed by atoms with Gasteiger partial charge in [-0.25, -0.2) is 0 Å². The van der Waals surface area contributed by atoms with Crippen LogP contribution in [0.3, 0.4) is 0 Å². The molecule has 1 N–H and O–H groups in total. The first-order valence-electron chi connectivity index (χ1n) is 8.46. The summed E-state index contributed by atoms with van der Waals surface area (Å²) < 4.78 is 0. The Morgan fingerprint density at radius 2 is 1.68 bits per heavy atom. The summed E-state index contributed by atoms with van der Waals surface area (Å²) >= 11 is 0. The van der Waals surface area contributed by atoms with E-state index in [0.717, 1.165) is 17.9 Å². The van der Waals surface area contributed by atoms with Crippen LogP contribution in [-0.4, -0.2) is 37.1 Å². The lowest BCUT2D eigenvalue weighted by atomic mass is 9.77. The van der Waals surface area contributed by atoms with E-state index in [0.29, 0.717) is 5.54 Å². The van der Waals surface area contributed by atoms with E-state index in [1.807, 2.05) is 0 Å². The molecule has 0 aromatic carbocycles. The fraction of sp³-hybridized carbons (Fsp3) is 1.00. The molecule has 2 nitrogen and oxygen atoms in total. The molecule has 2 fully saturated rings.